The lowest BCUT2D eigenvalue weighted by molar-refractivity contribution is 0.157. The number of aromatic hydroxyl groups is 2. The fourth-order valence-electron chi connectivity index (χ4n) is 2.35. The highest BCUT2D eigenvalue weighted by molar-refractivity contribution is 5.54. The van der Waals surface area contributed by atoms with Crippen LogP contribution >= 0.6 is 0 Å². The van der Waals surface area contributed by atoms with Crippen LogP contribution in [-0.2, 0) is 4.79 Å². The molecule has 0 radical (unpaired) electrons. The Morgan fingerprint density at radius 3 is 2.43 bits per heavy atom. The number of phenolic OH excluding ortho intramolecular Hbond substituents is 2. The average molecular weight is 318 g/mol. The van der Waals surface area contributed by atoms with Gasteiger partial charge in [-0.3, -0.25) is 0 Å². The third-order valence-electron chi connectivity index (χ3n) is 3.72. The van der Waals surface area contributed by atoms with Gasteiger partial charge in [-0.15, -0.1) is 0 Å². The number of allylic oxidation sites excluding steroid dienone is 2. The monoisotopic (exact) mass is 318 g/mol. The number of carbonyl (C=O) groups excluding carboxylic acids is 1. The molecule has 0 aliphatic rings. The van der Waals surface area contributed by atoms with E-state index in [0.29, 0.717) is 12.8 Å². The molecule has 0 saturated carbocycles. The molecule has 0 saturated heterocycles. The van der Waals surface area contributed by atoms with Crippen LogP contribution in [0.3, 0.4) is 0 Å². The van der Waals surface area contributed by atoms with Gasteiger partial charge in [-0.25, -0.2) is 4.79 Å². The number of unbranched alkanes of at least 4 members (excludes halogenated alkanes) is 1. The van der Waals surface area contributed by atoms with E-state index in [1.165, 1.54) is 6.07 Å². The molecular weight excluding hydrogens is 292 g/mol. The molecule has 23 heavy (non-hydrogen) atoms. The maximum atomic E-state index is 10.9. The van der Waals surface area contributed by atoms with Crippen LogP contribution in [-0.4, -0.2) is 27.4 Å². The van der Waals surface area contributed by atoms with Crippen LogP contribution in [0, 0.1) is 0 Å². The summed E-state index contributed by atoms with van der Waals surface area (Å²) in [5.74, 6) is 2.08. The molecule has 1 aromatic carbocycles. The van der Waals surface area contributed by atoms with Crippen molar-refractivity contribution < 1.29 is 20.1 Å². The molecule has 0 fully saturated rings. The molecule has 4 nitrogen and oxygen atoms in total. The molecule has 0 amide bonds. The maximum absolute atomic E-state index is 10.9. The molecule has 0 spiro atoms. The Kier molecular flexibility index (Phi) is 8.81. The number of benzene rings is 1. The third-order valence-corrected chi connectivity index (χ3v) is 3.72. The van der Waals surface area contributed by atoms with Gasteiger partial charge in [0.1, 0.15) is 17.4 Å². The molecule has 4 heteroatoms. The first-order chi connectivity index (χ1) is 11.0. The topological polar surface area (TPSA) is 77.8 Å². The van der Waals surface area contributed by atoms with Crippen molar-refractivity contribution in [1.29, 1.82) is 0 Å². The number of hydrogen-bond acceptors (Lipinski definition) is 4. The summed E-state index contributed by atoms with van der Waals surface area (Å²) in [5.41, 5.74) is 1.51. The van der Waals surface area contributed by atoms with Crippen molar-refractivity contribution in [3.63, 3.8) is 0 Å². The predicted molar refractivity (Wildman–Crippen MR) is 92.0 cm³/mol. The zero-order chi connectivity index (χ0) is 17.1. The normalized spacial score (nSPS) is 12.3. The lowest BCUT2D eigenvalue weighted by Crippen LogP contribution is -2.03. The van der Waals surface area contributed by atoms with Gasteiger partial charge in [-0.05, 0) is 62.6 Å². The van der Waals surface area contributed by atoms with Crippen molar-refractivity contribution in [3.05, 3.63) is 35.4 Å². The van der Waals surface area contributed by atoms with Crippen LogP contribution in [0.1, 0.15) is 57.4 Å². The molecule has 1 atom stereocenters. The van der Waals surface area contributed by atoms with Gasteiger partial charge in [0.15, 0.2) is 0 Å². The Morgan fingerprint density at radius 1 is 1.17 bits per heavy atom. The maximum Gasteiger partial charge on any atom is 0.123 e. The molecule has 0 aliphatic carbocycles. The van der Waals surface area contributed by atoms with E-state index in [2.05, 4.69) is 0 Å². The van der Waals surface area contributed by atoms with Crippen LogP contribution < -0.4 is 0 Å². The molecule has 3 N–H and O–H groups in total. The third kappa shape index (κ3) is 8.24. The van der Waals surface area contributed by atoms with E-state index in [0.717, 1.165) is 43.2 Å². The molecule has 126 valence electrons. The lowest BCUT2D eigenvalue weighted by Gasteiger charge is -2.07. The first kappa shape index (κ1) is 19.0. The molecule has 1 aromatic rings. The summed E-state index contributed by atoms with van der Waals surface area (Å²) in [7, 11) is 0. The highest BCUT2D eigenvalue weighted by Crippen LogP contribution is 2.21. The second-order valence-electron chi connectivity index (χ2n) is 5.74. The number of aliphatic hydroxyl groups is 1. The van der Waals surface area contributed by atoms with E-state index in [-0.39, 0.29) is 17.6 Å². The summed E-state index contributed by atoms with van der Waals surface area (Å²) >= 11 is 0. The van der Waals surface area contributed by atoms with Crippen molar-refractivity contribution in [1.82, 2.24) is 0 Å². The summed E-state index contributed by atoms with van der Waals surface area (Å²) in [5, 5.41) is 28.2. The molecular formula is C19H26O4. The predicted octanol–water partition coefficient (Wildman–Crippen LogP) is 3.98. The van der Waals surface area contributed by atoms with Gasteiger partial charge in [0.25, 0.3) is 0 Å². The quantitative estimate of drug-likeness (QED) is 0.450. The van der Waals surface area contributed by atoms with E-state index in [1.54, 1.807) is 12.1 Å². The first-order valence-electron chi connectivity index (χ1n) is 8.15. The largest absolute Gasteiger partial charge is 0.508 e. The van der Waals surface area contributed by atoms with Gasteiger partial charge in [0.2, 0.25) is 0 Å². The summed E-state index contributed by atoms with van der Waals surface area (Å²) < 4.78 is 0. The molecule has 0 aromatic heterocycles. The highest BCUT2D eigenvalue weighted by Gasteiger charge is 2.03. The smallest absolute Gasteiger partial charge is 0.123 e. The van der Waals surface area contributed by atoms with Crippen molar-refractivity contribution in [2.24, 2.45) is 0 Å². The van der Waals surface area contributed by atoms with Gasteiger partial charge in [-0.1, -0.05) is 19.1 Å². The Hall–Kier alpha value is -2.03. The van der Waals surface area contributed by atoms with Gasteiger partial charge < -0.3 is 15.3 Å². The highest BCUT2D eigenvalue weighted by atomic mass is 16.3. The Balaban J connectivity index is 2.29. The van der Waals surface area contributed by atoms with Gasteiger partial charge in [-0.2, -0.15) is 0 Å². The molecule has 0 aliphatic heterocycles. The van der Waals surface area contributed by atoms with Crippen LogP contribution in [0.25, 0.3) is 6.08 Å². The second-order valence-corrected chi connectivity index (χ2v) is 5.74. The zero-order valence-electron chi connectivity index (χ0n) is 13.7. The van der Waals surface area contributed by atoms with E-state index in [9.17, 15) is 20.1 Å². The van der Waals surface area contributed by atoms with Gasteiger partial charge >= 0.3 is 0 Å². The fraction of sp³-hybridized carbons (Fsp3) is 0.474. The Bertz CT molecular complexity index is 536. The number of aliphatic hydroxyl groups excluding tert-OH is 1. The van der Waals surface area contributed by atoms with Crippen LogP contribution in [0.4, 0.5) is 0 Å². The minimum absolute atomic E-state index is 0.0325. The number of rotatable bonds is 10. The van der Waals surface area contributed by atoms with Gasteiger partial charge in [0.05, 0.1) is 6.10 Å². The minimum Gasteiger partial charge on any atom is -0.508 e. The summed E-state index contributed by atoms with van der Waals surface area (Å²) in [6, 6.07) is 4.44. The first-order valence-corrected chi connectivity index (χ1v) is 8.15. The average Bonchev–Trinajstić information content (AvgIpc) is 2.51. The fourth-order valence-corrected chi connectivity index (χ4v) is 2.35. The standard InChI is InChI=1S/C19H26O4/c1-2-17(21)10-6-9-15(14-20)7-4-3-5-8-16-11-18(22)13-19(23)12-16/h5,8,11-13,17,21-23H,2-4,6-7,9-10H2,1H3/b8-5+. The lowest BCUT2D eigenvalue weighted by atomic mass is 10.0. The van der Waals surface area contributed by atoms with Crippen molar-refractivity contribution >= 4 is 12.0 Å². The number of hydrogen-bond donors (Lipinski definition) is 3. The van der Waals surface area contributed by atoms with Crippen molar-refractivity contribution in [2.75, 3.05) is 0 Å². The van der Waals surface area contributed by atoms with E-state index < -0.39 is 0 Å². The van der Waals surface area contributed by atoms with E-state index >= 15 is 0 Å². The summed E-state index contributed by atoms with van der Waals surface area (Å²) in [6.07, 6.45) is 8.87. The second kappa shape index (κ2) is 10.7. The van der Waals surface area contributed by atoms with Crippen molar-refractivity contribution in [3.8, 4) is 11.5 Å². The number of phenols is 2. The van der Waals surface area contributed by atoms with E-state index in [1.807, 2.05) is 25.0 Å². The Labute approximate surface area is 137 Å². The summed E-state index contributed by atoms with van der Waals surface area (Å²) in [6.45, 7) is 1.94. The van der Waals surface area contributed by atoms with Crippen LogP contribution in [0.5, 0.6) is 11.5 Å². The zero-order valence-corrected chi connectivity index (χ0v) is 13.7. The van der Waals surface area contributed by atoms with Crippen molar-refractivity contribution in [2.45, 2.75) is 58.0 Å². The van der Waals surface area contributed by atoms with Crippen LogP contribution in [0.15, 0.2) is 29.8 Å². The molecule has 0 bridgehead atoms. The van der Waals surface area contributed by atoms with Crippen LogP contribution in [0.2, 0.25) is 0 Å². The SMILES string of the molecule is CCC(O)CCCC(=C=O)CCC/C=C/c1cc(O)cc(O)c1. The minimum atomic E-state index is -0.274. The molecule has 0 heterocycles. The molecule has 1 unspecified atom stereocenters. The summed E-state index contributed by atoms with van der Waals surface area (Å²) in [4.78, 5) is 10.9. The molecule has 1 rings (SSSR count). The van der Waals surface area contributed by atoms with Gasteiger partial charge in [0, 0.05) is 11.6 Å². The van der Waals surface area contributed by atoms with E-state index in [4.69, 9.17) is 0 Å². The Morgan fingerprint density at radius 2 is 1.83 bits per heavy atom.